The minimum absolute atomic E-state index is 0. The molecule has 0 aliphatic carbocycles. The summed E-state index contributed by atoms with van der Waals surface area (Å²) in [6.45, 7) is 7.50. The third-order valence-electron chi connectivity index (χ3n) is 6.02. The number of morpholine rings is 1. The van der Waals surface area contributed by atoms with Gasteiger partial charge in [-0.15, -0.1) is 45.5 Å². The first-order valence-corrected chi connectivity index (χ1v) is 11.8. The van der Waals surface area contributed by atoms with Crippen LogP contribution in [0.4, 0.5) is 0 Å². The zero-order chi connectivity index (χ0) is 21.6. The van der Waals surface area contributed by atoms with E-state index in [0.29, 0.717) is 32.8 Å². The molecule has 0 radical (unpaired) electrons. The maximum absolute atomic E-state index is 12.9. The summed E-state index contributed by atoms with van der Waals surface area (Å²) in [5.74, 6) is 2.95. The smallest absolute Gasteiger partial charge is 0.225 e. The number of carbonyl (C=O) groups is 1. The van der Waals surface area contributed by atoms with Crippen molar-refractivity contribution in [1.29, 1.82) is 0 Å². The number of halogens is 1. The van der Waals surface area contributed by atoms with Gasteiger partial charge in [0.2, 0.25) is 5.91 Å². The molecule has 11 heteroatoms. The van der Waals surface area contributed by atoms with Crippen molar-refractivity contribution in [3.05, 3.63) is 34.0 Å². The van der Waals surface area contributed by atoms with Crippen LogP contribution < -0.4 is 5.32 Å². The first-order chi connectivity index (χ1) is 15.1. The zero-order valence-electron chi connectivity index (χ0n) is 18.7. The minimum Gasteiger partial charge on any atom is -0.378 e. The van der Waals surface area contributed by atoms with Crippen LogP contribution in [0.2, 0.25) is 0 Å². The van der Waals surface area contributed by atoms with Gasteiger partial charge in [0.15, 0.2) is 11.8 Å². The van der Waals surface area contributed by atoms with Crippen LogP contribution in [0.3, 0.4) is 0 Å². The Bertz CT molecular complexity index is 888. The maximum Gasteiger partial charge on any atom is 0.225 e. The number of rotatable bonds is 5. The van der Waals surface area contributed by atoms with Gasteiger partial charge < -0.3 is 24.4 Å². The van der Waals surface area contributed by atoms with E-state index in [4.69, 9.17) is 9.73 Å². The molecule has 0 aromatic carbocycles. The molecule has 4 heterocycles. The van der Waals surface area contributed by atoms with Crippen molar-refractivity contribution in [1.82, 2.24) is 29.9 Å². The Morgan fingerprint density at radius 2 is 1.97 bits per heavy atom. The van der Waals surface area contributed by atoms with E-state index in [9.17, 15) is 4.79 Å². The Morgan fingerprint density at radius 3 is 2.59 bits per heavy atom. The second-order valence-electron chi connectivity index (χ2n) is 7.99. The number of likely N-dealkylation sites (tertiary alicyclic amines) is 1. The fraction of sp³-hybridized carbons (Fsp3) is 0.619. The van der Waals surface area contributed by atoms with Crippen LogP contribution in [0.1, 0.15) is 29.4 Å². The summed E-state index contributed by atoms with van der Waals surface area (Å²) in [5, 5.41) is 14.0. The molecule has 0 bridgehead atoms. The molecular weight excluding hydrogens is 541 g/mol. The van der Waals surface area contributed by atoms with Gasteiger partial charge in [-0.25, -0.2) is 4.99 Å². The molecule has 2 aliphatic heterocycles. The van der Waals surface area contributed by atoms with E-state index in [0.717, 1.165) is 50.1 Å². The summed E-state index contributed by atoms with van der Waals surface area (Å²) in [6, 6.07) is 4.18. The van der Waals surface area contributed by atoms with E-state index in [2.05, 4.69) is 37.9 Å². The maximum atomic E-state index is 12.9. The van der Waals surface area contributed by atoms with Crippen LogP contribution in [0, 0.1) is 12.8 Å². The van der Waals surface area contributed by atoms with Crippen molar-refractivity contribution < 1.29 is 9.53 Å². The first-order valence-electron chi connectivity index (χ1n) is 10.9. The number of hydrogen-bond donors (Lipinski definition) is 1. The summed E-state index contributed by atoms with van der Waals surface area (Å²) in [7, 11) is 1.96. The Balaban J connectivity index is 0.00000289. The van der Waals surface area contributed by atoms with Crippen molar-refractivity contribution in [2.45, 2.75) is 32.9 Å². The van der Waals surface area contributed by atoms with Crippen LogP contribution in [0.25, 0.3) is 0 Å². The van der Waals surface area contributed by atoms with Gasteiger partial charge in [-0.05, 0) is 31.2 Å². The van der Waals surface area contributed by atoms with Crippen molar-refractivity contribution >= 4 is 47.2 Å². The average Bonchev–Trinajstić information content (AvgIpc) is 3.45. The highest BCUT2D eigenvalue weighted by Gasteiger charge is 2.30. The number of thiophene rings is 1. The van der Waals surface area contributed by atoms with E-state index in [1.807, 2.05) is 23.4 Å². The van der Waals surface area contributed by atoms with Gasteiger partial charge in [-0.1, -0.05) is 6.07 Å². The predicted octanol–water partition coefficient (Wildman–Crippen LogP) is 2.02. The van der Waals surface area contributed by atoms with Crippen molar-refractivity contribution in [2.75, 3.05) is 39.4 Å². The number of ether oxygens (including phenoxy) is 1. The molecule has 32 heavy (non-hydrogen) atoms. The fourth-order valence-corrected chi connectivity index (χ4v) is 4.61. The Morgan fingerprint density at radius 1 is 1.22 bits per heavy atom. The molecule has 2 aromatic rings. The first kappa shape index (κ1) is 24.9. The molecule has 1 N–H and O–H groups in total. The molecule has 1 amide bonds. The molecule has 0 saturated carbocycles. The lowest BCUT2D eigenvalue weighted by Crippen LogP contribution is -2.49. The molecule has 0 spiro atoms. The van der Waals surface area contributed by atoms with Crippen LogP contribution in [-0.2, 0) is 29.7 Å². The zero-order valence-corrected chi connectivity index (χ0v) is 21.8. The van der Waals surface area contributed by atoms with E-state index in [1.54, 1.807) is 11.3 Å². The van der Waals surface area contributed by atoms with Crippen LogP contribution >= 0.6 is 35.3 Å². The largest absolute Gasteiger partial charge is 0.378 e. The second-order valence-corrected chi connectivity index (χ2v) is 9.03. The van der Waals surface area contributed by atoms with Gasteiger partial charge in [0.25, 0.3) is 0 Å². The van der Waals surface area contributed by atoms with Crippen LogP contribution in [-0.4, -0.2) is 75.8 Å². The monoisotopic (exact) mass is 573 g/mol. The van der Waals surface area contributed by atoms with E-state index >= 15 is 0 Å². The number of hydrogen-bond acceptors (Lipinski definition) is 6. The number of piperidine rings is 1. The van der Waals surface area contributed by atoms with Gasteiger partial charge in [0, 0.05) is 44.0 Å². The molecule has 2 aromatic heterocycles. The Hall–Kier alpha value is -1.73. The fourth-order valence-electron chi connectivity index (χ4n) is 3.96. The summed E-state index contributed by atoms with van der Waals surface area (Å²) in [4.78, 5) is 23.2. The van der Waals surface area contributed by atoms with Gasteiger partial charge >= 0.3 is 0 Å². The number of nitrogens with one attached hydrogen (secondary N) is 1. The van der Waals surface area contributed by atoms with E-state index in [1.165, 1.54) is 4.88 Å². The van der Waals surface area contributed by atoms with E-state index in [-0.39, 0.29) is 35.8 Å². The third-order valence-corrected chi connectivity index (χ3v) is 6.90. The summed E-state index contributed by atoms with van der Waals surface area (Å²) in [6.07, 6.45) is 1.69. The van der Waals surface area contributed by atoms with Crippen LogP contribution in [0.15, 0.2) is 22.5 Å². The molecule has 4 rings (SSSR count). The van der Waals surface area contributed by atoms with Gasteiger partial charge in [0.05, 0.1) is 19.8 Å². The van der Waals surface area contributed by atoms with E-state index < -0.39 is 0 Å². The number of aliphatic imine (C=N–C) groups is 1. The lowest BCUT2D eigenvalue weighted by atomic mass is 9.95. The number of aromatic nitrogens is 3. The molecule has 2 aliphatic rings. The topological polar surface area (TPSA) is 87.9 Å². The van der Waals surface area contributed by atoms with Crippen molar-refractivity contribution in [3.63, 3.8) is 0 Å². The van der Waals surface area contributed by atoms with Gasteiger partial charge in [-0.2, -0.15) is 0 Å². The Kier molecular flexibility index (Phi) is 9.29. The summed E-state index contributed by atoms with van der Waals surface area (Å²) in [5.41, 5.74) is 0. The highest BCUT2D eigenvalue weighted by atomic mass is 127. The number of aryl methyl sites for hydroxylation is 1. The van der Waals surface area contributed by atoms with Crippen molar-refractivity contribution in [3.8, 4) is 0 Å². The second kappa shape index (κ2) is 11.9. The highest BCUT2D eigenvalue weighted by molar-refractivity contribution is 14.0. The summed E-state index contributed by atoms with van der Waals surface area (Å²) >= 11 is 1.73. The molecule has 0 unspecified atom stereocenters. The molecule has 0 atom stereocenters. The standard InChI is InChI=1S/C21H31N7O2S.HI/c1-16-24-25-19(26(16)2)15-23-21(22-14-18-4-3-13-31-18)28-7-5-17(6-8-28)20(29)27-9-11-30-12-10-27;/h3-4,13,17H,5-12,14-15H2,1-2H3,(H,22,23);1H. The third kappa shape index (κ3) is 6.19. The minimum atomic E-state index is 0. The predicted molar refractivity (Wildman–Crippen MR) is 135 cm³/mol. The number of amides is 1. The van der Waals surface area contributed by atoms with Crippen molar-refractivity contribution in [2.24, 2.45) is 18.0 Å². The quantitative estimate of drug-likeness (QED) is 0.335. The lowest BCUT2D eigenvalue weighted by Gasteiger charge is -2.36. The van der Waals surface area contributed by atoms with Crippen LogP contribution in [0.5, 0.6) is 0 Å². The molecule has 2 fully saturated rings. The highest BCUT2D eigenvalue weighted by Crippen LogP contribution is 2.21. The van der Waals surface area contributed by atoms with Gasteiger partial charge in [0.1, 0.15) is 12.4 Å². The van der Waals surface area contributed by atoms with Gasteiger partial charge in [-0.3, -0.25) is 4.79 Å². The summed E-state index contributed by atoms with van der Waals surface area (Å²) < 4.78 is 7.35. The molecule has 9 nitrogen and oxygen atoms in total. The molecule has 176 valence electrons. The number of carbonyl (C=O) groups excluding carboxylic acids is 1. The normalized spacial score (nSPS) is 17.9. The molecular formula is C21H32IN7O2S. The Labute approximate surface area is 210 Å². The SMILES string of the molecule is Cc1nnc(CN=C(NCc2cccs2)N2CCC(C(=O)N3CCOCC3)CC2)n1C.I. The average molecular weight is 574 g/mol. The number of guanidine groups is 1. The molecule has 2 saturated heterocycles. The lowest BCUT2D eigenvalue weighted by molar-refractivity contribution is -0.140. The number of nitrogens with zero attached hydrogens (tertiary/aromatic N) is 6.